The molecule has 2 fully saturated rings. The smallest absolute Gasteiger partial charge is 0.317 e. The van der Waals surface area contributed by atoms with Gasteiger partial charge in [-0.05, 0) is 49.9 Å². The number of hydrogen-bond acceptors (Lipinski definition) is 2. The van der Waals surface area contributed by atoms with Gasteiger partial charge < -0.3 is 15.3 Å². The molecule has 21 heavy (non-hydrogen) atoms. The zero-order valence-corrected chi connectivity index (χ0v) is 13.2. The third kappa shape index (κ3) is 4.61. The van der Waals surface area contributed by atoms with Gasteiger partial charge in [0.05, 0.1) is 5.92 Å². The molecule has 0 aromatic heterocycles. The first-order valence-corrected chi connectivity index (χ1v) is 8.13. The minimum Gasteiger partial charge on any atom is -0.481 e. The van der Waals surface area contributed by atoms with Crippen LogP contribution in [0.5, 0.6) is 0 Å². The fraction of sp³-hybridized carbons (Fsp3) is 0.875. The molecule has 2 rings (SSSR count). The lowest BCUT2D eigenvalue weighted by Gasteiger charge is -2.35. The van der Waals surface area contributed by atoms with Gasteiger partial charge in [0, 0.05) is 19.6 Å². The maximum Gasteiger partial charge on any atom is 0.317 e. The highest BCUT2D eigenvalue weighted by molar-refractivity contribution is 5.76. The van der Waals surface area contributed by atoms with Crippen molar-refractivity contribution >= 4 is 12.0 Å². The van der Waals surface area contributed by atoms with E-state index >= 15 is 0 Å². The molecule has 0 aromatic carbocycles. The van der Waals surface area contributed by atoms with Crippen molar-refractivity contribution in [1.29, 1.82) is 0 Å². The van der Waals surface area contributed by atoms with Crippen LogP contribution in [0, 0.1) is 17.3 Å². The molecule has 1 heterocycles. The average molecular weight is 296 g/mol. The summed E-state index contributed by atoms with van der Waals surface area (Å²) in [4.78, 5) is 24.9. The number of carboxylic acid groups (broad SMARTS) is 1. The third-order valence-corrected chi connectivity index (χ3v) is 5.06. The average Bonchev–Trinajstić information content (AvgIpc) is 2.46. The summed E-state index contributed by atoms with van der Waals surface area (Å²) in [6.07, 6.45) is 6.24. The number of aliphatic carboxylic acids is 1. The molecule has 1 aliphatic heterocycles. The van der Waals surface area contributed by atoms with Crippen LogP contribution < -0.4 is 5.32 Å². The van der Waals surface area contributed by atoms with Gasteiger partial charge in [0.15, 0.2) is 0 Å². The topological polar surface area (TPSA) is 69.6 Å². The zero-order valence-electron chi connectivity index (χ0n) is 13.2. The maximum atomic E-state index is 12.2. The summed E-state index contributed by atoms with van der Waals surface area (Å²) in [5.41, 5.74) is 0.447. The predicted octanol–water partition coefficient (Wildman–Crippen LogP) is 2.71. The second-order valence-electron chi connectivity index (χ2n) is 7.42. The number of nitrogens with one attached hydrogen (secondary N) is 1. The number of amides is 2. The van der Waals surface area contributed by atoms with Crippen LogP contribution in [0.2, 0.25) is 0 Å². The second-order valence-corrected chi connectivity index (χ2v) is 7.42. The normalized spacial score (nSPS) is 26.4. The van der Waals surface area contributed by atoms with Gasteiger partial charge in [-0.25, -0.2) is 4.79 Å². The molecule has 1 saturated carbocycles. The summed E-state index contributed by atoms with van der Waals surface area (Å²) in [5.74, 6) is -0.621. The Hall–Kier alpha value is -1.26. The summed E-state index contributed by atoms with van der Waals surface area (Å²) in [7, 11) is 0. The van der Waals surface area contributed by atoms with E-state index in [-0.39, 0.29) is 6.03 Å². The van der Waals surface area contributed by atoms with Gasteiger partial charge in [0.2, 0.25) is 0 Å². The molecule has 0 spiro atoms. The van der Waals surface area contributed by atoms with Crippen molar-refractivity contribution in [1.82, 2.24) is 10.2 Å². The first-order valence-electron chi connectivity index (χ1n) is 8.13. The molecule has 0 aromatic rings. The number of piperidine rings is 1. The van der Waals surface area contributed by atoms with E-state index in [9.17, 15) is 9.59 Å². The van der Waals surface area contributed by atoms with Crippen LogP contribution in [-0.2, 0) is 4.79 Å². The quantitative estimate of drug-likeness (QED) is 0.841. The van der Waals surface area contributed by atoms with Crippen LogP contribution >= 0.6 is 0 Å². The molecule has 1 unspecified atom stereocenters. The van der Waals surface area contributed by atoms with Crippen molar-refractivity contribution in [3.05, 3.63) is 0 Å². The summed E-state index contributed by atoms with van der Waals surface area (Å²) in [5, 5.41) is 12.1. The predicted molar refractivity (Wildman–Crippen MR) is 81.1 cm³/mol. The zero-order chi connectivity index (χ0) is 15.5. The van der Waals surface area contributed by atoms with E-state index in [4.69, 9.17) is 5.11 Å². The van der Waals surface area contributed by atoms with E-state index in [0.29, 0.717) is 30.8 Å². The van der Waals surface area contributed by atoms with Crippen molar-refractivity contribution in [2.75, 3.05) is 19.6 Å². The van der Waals surface area contributed by atoms with Crippen molar-refractivity contribution in [3.63, 3.8) is 0 Å². The van der Waals surface area contributed by atoms with Crippen LogP contribution in [0.4, 0.5) is 4.79 Å². The third-order valence-electron chi connectivity index (χ3n) is 5.06. The Morgan fingerprint density at radius 3 is 2.52 bits per heavy atom. The minimum absolute atomic E-state index is 0.0919. The molecule has 2 amide bonds. The van der Waals surface area contributed by atoms with Gasteiger partial charge in [0.1, 0.15) is 0 Å². The highest BCUT2D eigenvalue weighted by atomic mass is 16.4. The highest BCUT2D eigenvalue weighted by Gasteiger charge is 2.30. The van der Waals surface area contributed by atoms with Gasteiger partial charge in [0.25, 0.3) is 0 Å². The van der Waals surface area contributed by atoms with Gasteiger partial charge in [-0.15, -0.1) is 0 Å². The Bertz CT molecular complexity index is 385. The van der Waals surface area contributed by atoms with Crippen LogP contribution in [0.15, 0.2) is 0 Å². The molecule has 1 saturated heterocycles. The van der Waals surface area contributed by atoms with E-state index in [0.717, 1.165) is 13.0 Å². The number of likely N-dealkylation sites (tertiary alicyclic amines) is 1. The van der Waals surface area contributed by atoms with Crippen molar-refractivity contribution < 1.29 is 14.7 Å². The molecule has 1 aliphatic carbocycles. The lowest BCUT2D eigenvalue weighted by molar-refractivity contribution is -0.143. The molecular weight excluding hydrogens is 268 g/mol. The number of carbonyl (C=O) groups is 2. The summed E-state index contributed by atoms with van der Waals surface area (Å²) in [6, 6.07) is -0.0919. The van der Waals surface area contributed by atoms with Gasteiger partial charge in [-0.1, -0.05) is 13.8 Å². The summed E-state index contributed by atoms with van der Waals surface area (Å²) < 4.78 is 0. The maximum absolute atomic E-state index is 12.2. The van der Waals surface area contributed by atoms with Gasteiger partial charge in [-0.3, -0.25) is 4.79 Å². The van der Waals surface area contributed by atoms with Crippen molar-refractivity contribution in [2.24, 2.45) is 17.3 Å². The molecule has 2 aliphatic rings. The Labute approximate surface area is 127 Å². The lowest BCUT2D eigenvalue weighted by atomic mass is 9.73. The Balaban J connectivity index is 1.73. The second kappa shape index (κ2) is 6.67. The van der Waals surface area contributed by atoms with Crippen LogP contribution in [0.1, 0.15) is 52.4 Å². The molecule has 5 heteroatoms. The number of carboxylic acids is 1. The number of nitrogens with zero attached hydrogens (tertiary/aromatic N) is 1. The number of hydrogen-bond donors (Lipinski definition) is 2. The van der Waals surface area contributed by atoms with Gasteiger partial charge in [-0.2, -0.15) is 0 Å². The molecule has 120 valence electrons. The molecule has 0 radical (unpaired) electrons. The molecule has 1 atom stereocenters. The SMILES string of the molecule is CC1(C)CCC(CNC(=O)N2CCCC(C(=O)O)C2)CC1. The number of rotatable bonds is 3. The van der Waals surface area contributed by atoms with Crippen molar-refractivity contribution in [3.8, 4) is 0 Å². The Morgan fingerprint density at radius 1 is 1.24 bits per heavy atom. The fourth-order valence-electron chi connectivity index (χ4n) is 3.37. The van der Waals surface area contributed by atoms with E-state index in [1.165, 1.54) is 25.7 Å². The standard InChI is InChI=1S/C16H28N2O3/c1-16(2)7-5-12(6-8-16)10-17-15(21)18-9-3-4-13(11-18)14(19)20/h12-13H,3-11H2,1-2H3,(H,17,21)(H,19,20). The first-order chi connectivity index (χ1) is 9.87. The summed E-state index contributed by atoms with van der Waals surface area (Å²) in [6.45, 7) is 6.36. The largest absolute Gasteiger partial charge is 0.481 e. The van der Waals surface area contributed by atoms with Crippen molar-refractivity contribution in [2.45, 2.75) is 52.4 Å². The fourth-order valence-corrected chi connectivity index (χ4v) is 3.37. The van der Waals surface area contributed by atoms with Crippen LogP contribution in [0.3, 0.4) is 0 Å². The minimum atomic E-state index is -0.790. The molecular formula is C16H28N2O3. The van der Waals surface area contributed by atoms with E-state index in [2.05, 4.69) is 19.2 Å². The Kier molecular flexibility index (Phi) is 5.12. The molecule has 2 N–H and O–H groups in total. The number of urea groups is 1. The van der Waals surface area contributed by atoms with Crippen LogP contribution in [-0.4, -0.2) is 41.6 Å². The van der Waals surface area contributed by atoms with E-state index in [1.807, 2.05) is 0 Å². The Morgan fingerprint density at radius 2 is 1.90 bits per heavy atom. The molecule has 5 nitrogen and oxygen atoms in total. The van der Waals surface area contributed by atoms with E-state index in [1.54, 1.807) is 4.90 Å². The first kappa shape index (κ1) is 16.1. The summed E-state index contributed by atoms with van der Waals surface area (Å²) >= 11 is 0. The number of carbonyl (C=O) groups excluding carboxylic acids is 1. The highest BCUT2D eigenvalue weighted by Crippen LogP contribution is 2.37. The van der Waals surface area contributed by atoms with E-state index < -0.39 is 11.9 Å². The monoisotopic (exact) mass is 296 g/mol. The van der Waals surface area contributed by atoms with Gasteiger partial charge >= 0.3 is 12.0 Å². The molecule has 0 bridgehead atoms. The lowest BCUT2D eigenvalue weighted by Crippen LogP contribution is -2.48. The van der Waals surface area contributed by atoms with Crippen LogP contribution in [0.25, 0.3) is 0 Å².